The summed E-state index contributed by atoms with van der Waals surface area (Å²) in [7, 11) is 0. The van der Waals surface area contributed by atoms with Crippen molar-refractivity contribution in [3.63, 3.8) is 0 Å². The standard InChI is InChI=1S/C14H18N2O4/c1-9-3-2-5-16(9)13(17)12-11-10(14(18)19)4-6-15(11)7-8-20-12/h4,6,9,12H,2-3,5,7-8H2,1H3,(H,18,19)/t9-,12?/m0/s1. The molecule has 20 heavy (non-hydrogen) atoms. The van der Waals surface area contributed by atoms with Crippen molar-refractivity contribution in [2.45, 2.75) is 38.5 Å². The van der Waals surface area contributed by atoms with Gasteiger partial charge in [0.1, 0.15) is 0 Å². The minimum absolute atomic E-state index is 0.114. The molecule has 0 saturated carbocycles. The average Bonchev–Trinajstić information content (AvgIpc) is 3.03. The number of ether oxygens (including phenoxy) is 1. The Bertz CT molecular complexity index is 551. The summed E-state index contributed by atoms with van der Waals surface area (Å²) in [6.07, 6.45) is 2.91. The molecule has 1 N–H and O–H groups in total. The second-order valence-electron chi connectivity index (χ2n) is 5.39. The molecule has 0 radical (unpaired) electrons. The molecule has 6 nitrogen and oxygen atoms in total. The molecule has 0 bridgehead atoms. The van der Waals surface area contributed by atoms with Crippen molar-refractivity contribution < 1.29 is 19.4 Å². The van der Waals surface area contributed by atoms with E-state index in [0.29, 0.717) is 18.8 Å². The van der Waals surface area contributed by atoms with Crippen LogP contribution in [-0.2, 0) is 16.1 Å². The van der Waals surface area contributed by atoms with E-state index in [2.05, 4.69) is 0 Å². The van der Waals surface area contributed by atoms with E-state index in [1.165, 1.54) is 0 Å². The highest BCUT2D eigenvalue weighted by molar-refractivity contribution is 5.92. The van der Waals surface area contributed by atoms with Gasteiger partial charge in [0.05, 0.1) is 17.9 Å². The Morgan fingerprint density at radius 2 is 2.20 bits per heavy atom. The van der Waals surface area contributed by atoms with Gasteiger partial charge in [0, 0.05) is 25.3 Å². The maximum atomic E-state index is 12.6. The van der Waals surface area contributed by atoms with E-state index in [1.54, 1.807) is 17.2 Å². The summed E-state index contributed by atoms with van der Waals surface area (Å²) in [5.74, 6) is -1.13. The van der Waals surface area contributed by atoms with Crippen molar-refractivity contribution in [3.05, 3.63) is 23.5 Å². The zero-order valence-corrected chi connectivity index (χ0v) is 11.4. The Hall–Kier alpha value is -1.82. The molecule has 1 aromatic heterocycles. The highest BCUT2D eigenvalue weighted by Crippen LogP contribution is 2.31. The molecule has 1 amide bonds. The summed E-state index contributed by atoms with van der Waals surface area (Å²) in [6, 6.07) is 1.74. The Kier molecular flexibility index (Phi) is 3.25. The van der Waals surface area contributed by atoms with Crippen molar-refractivity contribution in [1.29, 1.82) is 0 Å². The third-order valence-corrected chi connectivity index (χ3v) is 4.16. The molecular formula is C14H18N2O4. The molecule has 108 valence electrons. The quantitative estimate of drug-likeness (QED) is 0.884. The Labute approximate surface area is 116 Å². The van der Waals surface area contributed by atoms with Gasteiger partial charge < -0.3 is 19.3 Å². The zero-order valence-electron chi connectivity index (χ0n) is 11.4. The molecule has 1 saturated heterocycles. The average molecular weight is 278 g/mol. The van der Waals surface area contributed by atoms with Gasteiger partial charge in [0.25, 0.3) is 5.91 Å². The Morgan fingerprint density at radius 3 is 2.85 bits per heavy atom. The first-order chi connectivity index (χ1) is 9.59. The van der Waals surface area contributed by atoms with Gasteiger partial charge in [-0.25, -0.2) is 4.79 Å². The van der Waals surface area contributed by atoms with Crippen LogP contribution in [0.3, 0.4) is 0 Å². The predicted molar refractivity (Wildman–Crippen MR) is 70.5 cm³/mol. The lowest BCUT2D eigenvalue weighted by Gasteiger charge is -2.30. The number of hydrogen-bond acceptors (Lipinski definition) is 3. The van der Waals surface area contributed by atoms with Crippen LogP contribution >= 0.6 is 0 Å². The van der Waals surface area contributed by atoms with Gasteiger partial charge in [-0.2, -0.15) is 0 Å². The minimum atomic E-state index is -1.02. The lowest BCUT2D eigenvalue weighted by Crippen LogP contribution is -2.41. The van der Waals surface area contributed by atoms with Gasteiger partial charge in [0.2, 0.25) is 0 Å². The summed E-state index contributed by atoms with van der Waals surface area (Å²) >= 11 is 0. The van der Waals surface area contributed by atoms with E-state index in [1.807, 2.05) is 11.5 Å². The lowest BCUT2D eigenvalue weighted by atomic mass is 10.1. The highest BCUT2D eigenvalue weighted by Gasteiger charge is 2.37. The fourth-order valence-electron chi connectivity index (χ4n) is 3.10. The highest BCUT2D eigenvalue weighted by atomic mass is 16.5. The van der Waals surface area contributed by atoms with Crippen molar-refractivity contribution in [2.24, 2.45) is 0 Å². The molecule has 1 aromatic rings. The van der Waals surface area contributed by atoms with E-state index in [4.69, 9.17) is 4.74 Å². The Balaban J connectivity index is 1.95. The second kappa shape index (κ2) is 4.94. The van der Waals surface area contributed by atoms with E-state index in [9.17, 15) is 14.7 Å². The molecule has 0 aromatic carbocycles. The van der Waals surface area contributed by atoms with Crippen molar-refractivity contribution in [1.82, 2.24) is 9.47 Å². The number of amides is 1. The Morgan fingerprint density at radius 1 is 1.40 bits per heavy atom. The number of carboxylic acids is 1. The van der Waals surface area contributed by atoms with Crippen LogP contribution in [0.2, 0.25) is 0 Å². The fourth-order valence-corrected chi connectivity index (χ4v) is 3.10. The van der Waals surface area contributed by atoms with Crippen molar-refractivity contribution in [2.75, 3.05) is 13.2 Å². The van der Waals surface area contributed by atoms with Crippen LogP contribution in [0.15, 0.2) is 12.3 Å². The lowest BCUT2D eigenvalue weighted by molar-refractivity contribution is -0.147. The molecular weight excluding hydrogens is 260 g/mol. The number of aromatic carboxylic acids is 1. The molecule has 3 rings (SSSR count). The molecule has 2 aliphatic rings. The molecule has 2 atom stereocenters. The SMILES string of the molecule is C[C@H]1CCCN1C(=O)C1OCCn2ccc(C(=O)O)c21. The third-order valence-electron chi connectivity index (χ3n) is 4.16. The summed E-state index contributed by atoms with van der Waals surface area (Å²) in [5, 5.41) is 9.25. The second-order valence-corrected chi connectivity index (χ2v) is 5.39. The summed E-state index contributed by atoms with van der Waals surface area (Å²) < 4.78 is 7.42. The number of aromatic nitrogens is 1. The molecule has 6 heteroatoms. The van der Waals surface area contributed by atoms with Crippen LogP contribution in [0, 0.1) is 0 Å². The van der Waals surface area contributed by atoms with Gasteiger partial charge in [-0.1, -0.05) is 0 Å². The van der Waals surface area contributed by atoms with Crippen LogP contribution in [0.25, 0.3) is 0 Å². The summed E-state index contributed by atoms with van der Waals surface area (Å²) in [6.45, 7) is 3.76. The smallest absolute Gasteiger partial charge is 0.337 e. The largest absolute Gasteiger partial charge is 0.478 e. The monoisotopic (exact) mass is 278 g/mol. The first-order valence-corrected chi connectivity index (χ1v) is 6.94. The predicted octanol–water partition coefficient (Wildman–Crippen LogP) is 1.27. The number of fused-ring (bicyclic) bond motifs is 1. The number of hydrogen-bond donors (Lipinski definition) is 1. The number of nitrogens with zero attached hydrogens (tertiary/aromatic N) is 2. The van der Waals surface area contributed by atoms with Crippen LogP contribution in [0.1, 0.15) is 41.9 Å². The molecule has 0 aliphatic carbocycles. The number of likely N-dealkylation sites (tertiary alicyclic amines) is 1. The van der Waals surface area contributed by atoms with E-state index >= 15 is 0 Å². The first kappa shape index (κ1) is 13.2. The van der Waals surface area contributed by atoms with Crippen LogP contribution in [-0.4, -0.2) is 45.6 Å². The summed E-state index contributed by atoms with van der Waals surface area (Å²) in [4.78, 5) is 25.7. The van der Waals surface area contributed by atoms with Gasteiger partial charge in [-0.15, -0.1) is 0 Å². The fraction of sp³-hybridized carbons (Fsp3) is 0.571. The minimum Gasteiger partial charge on any atom is -0.478 e. The number of carbonyl (C=O) groups excluding carboxylic acids is 1. The van der Waals surface area contributed by atoms with Crippen LogP contribution < -0.4 is 0 Å². The van der Waals surface area contributed by atoms with Gasteiger partial charge in [-0.3, -0.25) is 4.79 Å². The third kappa shape index (κ3) is 2.00. The van der Waals surface area contributed by atoms with Crippen molar-refractivity contribution >= 4 is 11.9 Å². The topological polar surface area (TPSA) is 71.8 Å². The molecule has 3 heterocycles. The van der Waals surface area contributed by atoms with Crippen LogP contribution in [0.4, 0.5) is 0 Å². The number of carboxylic acid groups (broad SMARTS) is 1. The van der Waals surface area contributed by atoms with E-state index < -0.39 is 12.1 Å². The van der Waals surface area contributed by atoms with Gasteiger partial charge in [-0.05, 0) is 25.8 Å². The van der Waals surface area contributed by atoms with E-state index in [-0.39, 0.29) is 17.5 Å². The normalized spacial score (nSPS) is 25.6. The van der Waals surface area contributed by atoms with E-state index in [0.717, 1.165) is 19.4 Å². The van der Waals surface area contributed by atoms with Gasteiger partial charge in [0.15, 0.2) is 6.10 Å². The van der Waals surface area contributed by atoms with Gasteiger partial charge >= 0.3 is 5.97 Å². The summed E-state index contributed by atoms with van der Waals surface area (Å²) in [5.41, 5.74) is 0.641. The first-order valence-electron chi connectivity index (χ1n) is 6.94. The number of rotatable bonds is 2. The van der Waals surface area contributed by atoms with Crippen LogP contribution in [0.5, 0.6) is 0 Å². The molecule has 0 spiro atoms. The van der Waals surface area contributed by atoms with Crippen molar-refractivity contribution in [3.8, 4) is 0 Å². The zero-order chi connectivity index (χ0) is 14.3. The maximum absolute atomic E-state index is 12.6. The molecule has 1 fully saturated rings. The number of carbonyl (C=O) groups is 2. The maximum Gasteiger partial charge on any atom is 0.337 e. The molecule has 2 aliphatic heterocycles. The molecule has 1 unspecified atom stereocenters.